The Kier molecular flexibility index (Phi) is 6.28. The monoisotopic (exact) mass is 273 g/mol. The Labute approximate surface area is 108 Å². The van der Waals surface area contributed by atoms with Crippen LogP contribution in [0.25, 0.3) is 0 Å². The summed E-state index contributed by atoms with van der Waals surface area (Å²) in [5.74, 6) is -0.373. The van der Waals surface area contributed by atoms with Crippen molar-refractivity contribution in [3.05, 3.63) is 35.9 Å². The lowest BCUT2D eigenvalue weighted by atomic mass is 10.0. The van der Waals surface area contributed by atoms with Crippen LogP contribution < -0.4 is 5.14 Å². The molecule has 0 saturated carbocycles. The van der Waals surface area contributed by atoms with Gasteiger partial charge in [0.1, 0.15) is 0 Å². The average molecular weight is 273 g/mol. The van der Waals surface area contributed by atoms with Crippen LogP contribution >= 0.6 is 0 Å². The summed E-state index contributed by atoms with van der Waals surface area (Å²) < 4.78 is 32.7. The predicted octanol–water partition coefficient (Wildman–Crippen LogP) is 0.722. The first kappa shape index (κ1) is 15.1. The van der Waals surface area contributed by atoms with Gasteiger partial charge >= 0.3 is 0 Å². The fraction of sp³-hybridized carbons (Fsp3) is 0.500. The summed E-state index contributed by atoms with van der Waals surface area (Å²) >= 11 is 0. The third-order valence-electron chi connectivity index (χ3n) is 2.46. The highest BCUT2D eigenvalue weighted by molar-refractivity contribution is 7.89. The molecule has 0 spiro atoms. The number of rotatable bonds is 8. The highest BCUT2D eigenvalue weighted by Gasteiger charge is 2.18. The number of benzene rings is 1. The summed E-state index contributed by atoms with van der Waals surface area (Å²) in [6, 6.07) is 9.34. The lowest BCUT2D eigenvalue weighted by molar-refractivity contribution is 0.0652. The molecule has 1 aromatic rings. The highest BCUT2D eigenvalue weighted by atomic mass is 32.2. The molecule has 0 aliphatic carbocycles. The second kappa shape index (κ2) is 7.48. The van der Waals surface area contributed by atoms with Crippen LogP contribution in [0, 0.1) is 0 Å². The zero-order chi connectivity index (χ0) is 13.4. The van der Waals surface area contributed by atoms with Crippen molar-refractivity contribution in [2.45, 2.75) is 5.92 Å². The molecule has 0 aliphatic rings. The maximum Gasteiger partial charge on any atom is 0.209 e. The van der Waals surface area contributed by atoms with Gasteiger partial charge in [-0.1, -0.05) is 30.3 Å². The van der Waals surface area contributed by atoms with Gasteiger partial charge in [0, 0.05) is 13.0 Å². The first-order valence-corrected chi connectivity index (χ1v) is 7.36. The number of methoxy groups -OCH3 is 1. The van der Waals surface area contributed by atoms with Crippen molar-refractivity contribution in [2.75, 3.05) is 32.7 Å². The summed E-state index contributed by atoms with van der Waals surface area (Å²) in [6.07, 6.45) is 0. The molecular formula is C12H19NO4S. The maximum atomic E-state index is 11.2. The molecule has 0 bridgehead atoms. The molecule has 6 heteroatoms. The van der Waals surface area contributed by atoms with E-state index in [1.807, 2.05) is 30.3 Å². The van der Waals surface area contributed by atoms with E-state index in [0.29, 0.717) is 19.8 Å². The van der Waals surface area contributed by atoms with Crippen molar-refractivity contribution >= 4 is 10.0 Å². The van der Waals surface area contributed by atoms with Gasteiger partial charge in [-0.2, -0.15) is 0 Å². The number of primary sulfonamides is 1. The smallest absolute Gasteiger partial charge is 0.209 e. The zero-order valence-electron chi connectivity index (χ0n) is 10.4. The summed E-state index contributed by atoms with van der Waals surface area (Å²) in [5.41, 5.74) is 0.906. The topological polar surface area (TPSA) is 78.6 Å². The first-order chi connectivity index (χ1) is 8.53. The van der Waals surface area contributed by atoms with Crippen LogP contribution in [0.3, 0.4) is 0 Å². The van der Waals surface area contributed by atoms with Gasteiger partial charge in [0.25, 0.3) is 0 Å². The minimum atomic E-state index is -3.53. The molecule has 102 valence electrons. The maximum absolute atomic E-state index is 11.2. The van der Waals surface area contributed by atoms with Gasteiger partial charge in [0.15, 0.2) is 0 Å². The molecule has 0 fully saturated rings. The van der Waals surface area contributed by atoms with Gasteiger partial charge in [0.05, 0.1) is 25.6 Å². The second-order valence-corrected chi connectivity index (χ2v) is 5.66. The standard InChI is InChI=1S/C12H19NO4S/c1-16-7-8-17-9-12(10-18(13,14)15)11-5-3-2-4-6-11/h2-6,12H,7-10H2,1H3,(H2,13,14,15). The zero-order valence-corrected chi connectivity index (χ0v) is 11.2. The molecule has 1 unspecified atom stereocenters. The van der Waals surface area contributed by atoms with Gasteiger partial charge < -0.3 is 9.47 Å². The minimum absolute atomic E-state index is 0.121. The minimum Gasteiger partial charge on any atom is -0.382 e. The van der Waals surface area contributed by atoms with E-state index < -0.39 is 10.0 Å². The normalized spacial score (nSPS) is 13.4. The van der Waals surface area contributed by atoms with Crippen molar-refractivity contribution in [1.82, 2.24) is 0 Å². The Balaban J connectivity index is 2.64. The summed E-state index contributed by atoms with van der Waals surface area (Å²) in [4.78, 5) is 0. The van der Waals surface area contributed by atoms with Crippen LogP contribution in [0.15, 0.2) is 30.3 Å². The molecule has 1 aromatic carbocycles. The molecule has 1 rings (SSSR count). The van der Waals surface area contributed by atoms with E-state index in [0.717, 1.165) is 5.56 Å². The van der Waals surface area contributed by atoms with E-state index in [-0.39, 0.29) is 11.7 Å². The lowest BCUT2D eigenvalue weighted by Crippen LogP contribution is -2.25. The van der Waals surface area contributed by atoms with Crippen LogP contribution in [0.2, 0.25) is 0 Å². The fourth-order valence-corrected chi connectivity index (χ4v) is 2.46. The Morgan fingerprint density at radius 1 is 1.22 bits per heavy atom. The summed E-state index contributed by atoms with van der Waals surface area (Å²) in [7, 11) is -1.94. The molecular weight excluding hydrogens is 254 g/mol. The first-order valence-electron chi connectivity index (χ1n) is 5.65. The molecule has 2 N–H and O–H groups in total. The number of hydrogen-bond acceptors (Lipinski definition) is 4. The lowest BCUT2D eigenvalue weighted by Gasteiger charge is -2.16. The molecule has 0 amide bonds. The number of hydrogen-bond donors (Lipinski definition) is 1. The van der Waals surface area contributed by atoms with E-state index in [4.69, 9.17) is 14.6 Å². The summed E-state index contributed by atoms with van der Waals surface area (Å²) in [5, 5.41) is 5.10. The Hall–Kier alpha value is -0.950. The van der Waals surface area contributed by atoms with Crippen LogP contribution in [0.4, 0.5) is 0 Å². The van der Waals surface area contributed by atoms with Gasteiger partial charge in [0.2, 0.25) is 10.0 Å². The van der Waals surface area contributed by atoms with Crippen LogP contribution in [-0.4, -0.2) is 41.1 Å². The Morgan fingerprint density at radius 3 is 2.44 bits per heavy atom. The Morgan fingerprint density at radius 2 is 1.89 bits per heavy atom. The van der Waals surface area contributed by atoms with Crippen LogP contribution in [0.5, 0.6) is 0 Å². The van der Waals surface area contributed by atoms with Crippen LogP contribution in [-0.2, 0) is 19.5 Å². The number of nitrogens with two attached hydrogens (primary N) is 1. The predicted molar refractivity (Wildman–Crippen MR) is 69.9 cm³/mol. The molecule has 0 saturated heterocycles. The molecule has 0 aliphatic heterocycles. The molecule has 0 radical (unpaired) electrons. The molecule has 1 atom stereocenters. The van der Waals surface area contributed by atoms with Gasteiger partial charge in [-0.25, -0.2) is 13.6 Å². The SMILES string of the molecule is COCCOCC(CS(N)(=O)=O)c1ccccc1. The van der Waals surface area contributed by atoms with Gasteiger partial charge in [-0.3, -0.25) is 0 Å². The van der Waals surface area contributed by atoms with Crippen molar-refractivity contribution in [3.8, 4) is 0 Å². The van der Waals surface area contributed by atoms with E-state index in [9.17, 15) is 8.42 Å². The third-order valence-corrected chi connectivity index (χ3v) is 3.32. The summed E-state index contributed by atoms with van der Waals surface area (Å²) in [6.45, 7) is 1.23. The molecule has 18 heavy (non-hydrogen) atoms. The van der Waals surface area contributed by atoms with Crippen molar-refractivity contribution < 1.29 is 17.9 Å². The van der Waals surface area contributed by atoms with Gasteiger partial charge in [-0.15, -0.1) is 0 Å². The molecule has 0 heterocycles. The molecule has 5 nitrogen and oxygen atoms in total. The highest BCUT2D eigenvalue weighted by Crippen LogP contribution is 2.17. The third kappa shape index (κ3) is 6.11. The largest absolute Gasteiger partial charge is 0.382 e. The van der Waals surface area contributed by atoms with Crippen molar-refractivity contribution in [2.24, 2.45) is 5.14 Å². The van der Waals surface area contributed by atoms with E-state index >= 15 is 0 Å². The van der Waals surface area contributed by atoms with E-state index in [1.165, 1.54) is 0 Å². The quantitative estimate of drug-likeness (QED) is 0.708. The van der Waals surface area contributed by atoms with E-state index in [1.54, 1.807) is 7.11 Å². The van der Waals surface area contributed by atoms with Crippen molar-refractivity contribution in [3.63, 3.8) is 0 Å². The second-order valence-electron chi connectivity index (χ2n) is 4.00. The van der Waals surface area contributed by atoms with Crippen LogP contribution in [0.1, 0.15) is 11.5 Å². The number of sulfonamides is 1. The molecule has 0 aromatic heterocycles. The van der Waals surface area contributed by atoms with Crippen molar-refractivity contribution in [1.29, 1.82) is 0 Å². The fourth-order valence-electron chi connectivity index (χ4n) is 1.61. The van der Waals surface area contributed by atoms with Gasteiger partial charge in [-0.05, 0) is 5.56 Å². The van der Waals surface area contributed by atoms with E-state index in [2.05, 4.69) is 0 Å². The average Bonchev–Trinajstić information content (AvgIpc) is 2.33. The Bertz CT molecular complexity index is 433. The number of ether oxygens (including phenoxy) is 2.